The Hall–Kier alpha value is -3.22. The summed E-state index contributed by atoms with van der Waals surface area (Å²) in [5, 5.41) is 6.03. The van der Waals surface area contributed by atoms with Crippen molar-refractivity contribution in [2.24, 2.45) is 0 Å². The van der Waals surface area contributed by atoms with Gasteiger partial charge < -0.3 is 25.0 Å². The van der Waals surface area contributed by atoms with Gasteiger partial charge in [0.25, 0.3) is 0 Å². The van der Waals surface area contributed by atoms with Crippen molar-refractivity contribution in [1.29, 1.82) is 0 Å². The van der Waals surface area contributed by atoms with Crippen LogP contribution in [0, 0.1) is 0 Å². The van der Waals surface area contributed by atoms with Gasteiger partial charge >= 0.3 is 6.03 Å². The Kier molecular flexibility index (Phi) is 6.83. The van der Waals surface area contributed by atoms with Crippen molar-refractivity contribution in [3.8, 4) is 11.5 Å². The van der Waals surface area contributed by atoms with E-state index in [1.54, 1.807) is 19.1 Å². The molecule has 0 unspecified atom stereocenters. The van der Waals surface area contributed by atoms with Gasteiger partial charge in [-0.3, -0.25) is 4.79 Å². The van der Waals surface area contributed by atoms with Gasteiger partial charge in [0, 0.05) is 26.1 Å². The molecule has 7 heteroatoms. The summed E-state index contributed by atoms with van der Waals surface area (Å²) in [6.45, 7) is 1.44. The van der Waals surface area contributed by atoms with Crippen LogP contribution in [0.1, 0.15) is 47.6 Å². The molecule has 0 radical (unpaired) electrons. The van der Waals surface area contributed by atoms with E-state index in [1.807, 2.05) is 24.3 Å². The van der Waals surface area contributed by atoms with E-state index >= 15 is 0 Å². The summed E-state index contributed by atoms with van der Waals surface area (Å²) in [4.78, 5) is 26.9. The number of nitrogens with zero attached hydrogens (tertiary/aromatic N) is 1. The summed E-state index contributed by atoms with van der Waals surface area (Å²) in [6.07, 6.45) is 4.11. The fourth-order valence-electron chi connectivity index (χ4n) is 4.62. The van der Waals surface area contributed by atoms with Crippen molar-refractivity contribution in [2.75, 3.05) is 27.3 Å². The standard InChI is InChI=1S/C25H31N3O4/c1-31-22-14-18-11-13-28(16-19(18)15-23(22)32-2)25(30)26-12-10-24(29)27-21-9-5-7-17-6-3-4-8-20(17)21/h3-4,6,8,14-15,21H,5,7,9-13,16H2,1-2H3,(H,26,30)(H,27,29)/t21-/m1/s1. The first-order chi connectivity index (χ1) is 15.6. The first-order valence-electron chi connectivity index (χ1n) is 11.2. The highest BCUT2D eigenvalue weighted by atomic mass is 16.5. The molecule has 1 atom stereocenters. The number of hydrogen-bond acceptors (Lipinski definition) is 4. The topological polar surface area (TPSA) is 79.9 Å². The normalized spacial score (nSPS) is 17.1. The molecule has 0 saturated carbocycles. The van der Waals surface area contributed by atoms with Crippen molar-refractivity contribution in [2.45, 2.75) is 44.7 Å². The number of benzene rings is 2. The van der Waals surface area contributed by atoms with Crippen LogP contribution < -0.4 is 20.1 Å². The number of rotatable bonds is 6. The number of amides is 3. The molecule has 2 aliphatic rings. The third kappa shape index (κ3) is 4.82. The summed E-state index contributed by atoms with van der Waals surface area (Å²) in [6, 6.07) is 12.1. The van der Waals surface area contributed by atoms with E-state index in [9.17, 15) is 9.59 Å². The SMILES string of the molecule is COc1cc2c(cc1OC)CN(C(=O)NCCC(=O)N[C@@H]1CCCc3ccccc31)CC2. The molecule has 2 N–H and O–H groups in total. The zero-order chi connectivity index (χ0) is 22.5. The number of fused-ring (bicyclic) bond motifs is 2. The molecular weight excluding hydrogens is 406 g/mol. The number of aryl methyl sites for hydroxylation is 1. The third-order valence-electron chi connectivity index (χ3n) is 6.34. The van der Waals surface area contributed by atoms with Crippen molar-refractivity contribution >= 4 is 11.9 Å². The molecule has 0 aromatic heterocycles. The Morgan fingerprint density at radius 1 is 1.03 bits per heavy atom. The largest absolute Gasteiger partial charge is 0.493 e. The maximum absolute atomic E-state index is 12.6. The van der Waals surface area contributed by atoms with Gasteiger partial charge in [0.1, 0.15) is 0 Å². The number of methoxy groups -OCH3 is 2. The first kappa shape index (κ1) is 22.0. The summed E-state index contributed by atoms with van der Waals surface area (Å²) in [7, 11) is 3.23. The molecule has 32 heavy (non-hydrogen) atoms. The number of urea groups is 1. The molecule has 170 valence electrons. The van der Waals surface area contributed by atoms with Crippen molar-refractivity contribution in [1.82, 2.24) is 15.5 Å². The van der Waals surface area contributed by atoms with Crippen LogP contribution in [0.2, 0.25) is 0 Å². The van der Waals surface area contributed by atoms with Gasteiger partial charge in [-0.1, -0.05) is 24.3 Å². The molecule has 0 saturated heterocycles. The lowest BCUT2D eigenvalue weighted by molar-refractivity contribution is -0.121. The Labute approximate surface area is 189 Å². The minimum Gasteiger partial charge on any atom is -0.493 e. The summed E-state index contributed by atoms with van der Waals surface area (Å²) in [5.74, 6) is 1.33. The van der Waals surface area contributed by atoms with Crippen LogP contribution in [0.15, 0.2) is 36.4 Å². The molecule has 1 heterocycles. The molecule has 2 aromatic carbocycles. The molecule has 1 aliphatic carbocycles. The van der Waals surface area contributed by atoms with E-state index in [0.29, 0.717) is 31.1 Å². The molecule has 3 amide bonds. The van der Waals surface area contributed by atoms with Crippen molar-refractivity contribution in [3.05, 3.63) is 58.7 Å². The smallest absolute Gasteiger partial charge is 0.317 e. The van der Waals surface area contributed by atoms with Crippen molar-refractivity contribution in [3.63, 3.8) is 0 Å². The highest BCUT2D eigenvalue weighted by Crippen LogP contribution is 2.33. The second-order valence-corrected chi connectivity index (χ2v) is 8.34. The second kappa shape index (κ2) is 9.94. The van der Waals surface area contributed by atoms with Crippen LogP contribution in [0.25, 0.3) is 0 Å². The fourth-order valence-corrected chi connectivity index (χ4v) is 4.62. The van der Waals surface area contributed by atoms with Gasteiger partial charge in [0.2, 0.25) is 5.91 Å². The van der Waals surface area contributed by atoms with Gasteiger partial charge in [-0.05, 0) is 60.1 Å². The van der Waals surface area contributed by atoms with Crippen LogP contribution in [-0.4, -0.2) is 44.1 Å². The van der Waals surface area contributed by atoms with Gasteiger partial charge in [-0.15, -0.1) is 0 Å². The Morgan fingerprint density at radius 2 is 1.78 bits per heavy atom. The Bertz CT molecular complexity index is 991. The monoisotopic (exact) mass is 437 g/mol. The third-order valence-corrected chi connectivity index (χ3v) is 6.34. The molecule has 2 aromatic rings. The van der Waals surface area contributed by atoms with Gasteiger partial charge in [0.05, 0.1) is 20.3 Å². The number of ether oxygens (including phenoxy) is 2. The number of carbonyl (C=O) groups excluding carboxylic acids is 2. The number of hydrogen-bond donors (Lipinski definition) is 2. The minimum atomic E-state index is -0.152. The van der Waals surface area contributed by atoms with E-state index in [2.05, 4.69) is 22.8 Å². The second-order valence-electron chi connectivity index (χ2n) is 8.34. The van der Waals surface area contributed by atoms with Crippen molar-refractivity contribution < 1.29 is 19.1 Å². The lowest BCUT2D eigenvalue weighted by Crippen LogP contribution is -2.44. The van der Waals surface area contributed by atoms with E-state index in [0.717, 1.165) is 31.2 Å². The van der Waals surface area contributed by atoms with Gasteiger partial charge in [0.15, 0.2) is 11.5 Å². The van der Waals surface area contributed by atoms with E-state index in [1.165, 1.54) is 16.7 Å². The minimum absolute atomic E-state index is 0.0344. The van der Waals surface area contributed by atoms with E-state index in [-0.39, 0.29) is 24.4 Å². The quantitative estimate of drug-likeness (QED) is 0.726. The lowest BCUT2D eigenvalue weighted by Gasteiger charge is -2.30. The fraction of sp³-hybridized carbons (Fsp3) is 0.440. The summed E-state index contributed by atoms with van der Waals surface area (Å²) in [5.41, 5.74) is 4.75. The number of carbonyl (C=O) groups is 2. The van der Waals surface area contributed by atoms with Crippen LogP contribution in [0.5, 0.6) is 11.5 Å². The predicted octanol–water partition coefficient (Wildman–Crippen LogP) is 3.36. The molecule has 1 aliphatic heterocycles. The van der Waals surface area contributed by atoms with E-state index in [4.69, 9.17) is 9.47 Å². The average molecular weight is 438 g/mol. The maximum Gasteiger partial charge on any atom is 0.317 e. The summed E-state index contributed by atoms with van der Waals surface area (Å²) < 4.78 is 10.8. The highest BCUT2D eigenvalue weighted by Gasteiger charge is 2.24. The van der Waals surface area contributed by atoms with Crippen LogP contribution in [0.3, 0.4) is 0 Å². The molecular formula is C25H31N3O4. The van der Waals surface area contributed by atoms with Crippen LogP contribution >= 0.6 is 0 Å². The molecule has 0 bridgehead atoms. The van der Waals surface area contributed by atoms with E-state index < -0.39 is 0 Å². The Morgan fingerprint density at radius 3 is 2.56 bits per heavy atom. The number of nitrogens with one attached hydrogen (secondary N) is 2. The Balaban J connectivity index is 1.26. The molecule has 7 nitrogen and oxygen atoms in total. The van der Waals surface area contributed by atoms with Crippen LogP contribution in [-0.2, 0) is 24.2 Å². The summed E-state index contributed by atoms with van der Waals surface area (Å²) >= 11 is 0. The zero-order valence-electron chi connectivity index (χ0n) is 18.8. The highest BCUT2D eigenvalue weighted by molar-refractivity contribution is 5.79. The first-order valence-corrected chi connectivity index (χ1v) is 11.2. The lowest BCUT2D eigenvalue weighted by atomic mass is 9.88. The maximum atomic E-state index is 12.6. The average Bonchev–Trinajstić information content (AvgIpc) is 2.82. The van der Waals surface area contributed by atoms with Gasteiger partial charge in [-0.25, -0.2) is 4.79 Å². The van der Waals surface area contributed by atoms with Gasteiger partial charge in [-0.2, -0.15) is 0 Å². The molecule has 4 rings (SSSR count). The zero-order valence-corrected chi connectivity index (χ0v) is 18.8. The molecule has 0 spiro atoms. The van der Waals surface area contributed by atoms with Crippen LogP contribution in [0.4, 0.5) is 4.79 Å². The predicted molar refractivity (Wildman–Crippen MR) is 122 cm³/mol. The molecule has 0 fully saturated rings.